The van der Waals surface area contributed by atoms with E-state index in [-0.39, 0.29) is 11.3 Å². The molecule has 0 spiro atoms. The molecule has 9 heteroatoms. The van der Waals surface area contributed by atoms with Crippen LogP contribution in [-0.2, 0) is 4.79 Å². The highest BCUT2D eigenvalue weighted by atomic mass is 32.2. The minimum Gasteiger partial charge on any atom is -0.479 e. The second-order valence-electron chi connectivity index (χ2n) is 4.13. The molecule has 8 nitrogen and oxygen atoms in total. The van der Waals surface area contributed by atoms with E-state index in [0.29, 0.717) is 12.2 Å². The number of carbonyl (C=O) groups excluding carboxylic acids is 1. The average Bonchev–Trinajstić information content (AvgIpc) is 2.78. The molecule has 0 aliphatic carbocycles. The Hall–Kier alpha value is -2.03. The number of carboxylic acids is 1. The summed E-state index contributed by atoms with van der Waals surface area (Å²) in [4.78, 5) is 49.5. The zero-order chi connectivity index (χ0) is 14.0. The summed E-state index contributed by atoms with van der Waals surface area (Å²) in [5, 5.41) is 11.6. The maximum Gasteiger partial charge on any atom is 0.330 e. The van der Waals surface area contributed by atoms with Gasteiger partial charge in [-0.2, -0.15) is 11.8 Å². The Morgan fingerprint density at radius 2 is 2.16 bits per heavy atom. The first-order valence-corrected chi connectivity index (χ1v) is 6.56. The lowest BCUT2D eigenvalue weighted by Gasteiger charge is -2.24. The fourth-order valence-corrected chi connectivity index (χ4v) is 3.07. The maximum absolute atomic E-state index is 11.9. The van der Waals surface area contributed by atoms with Gasteiger partial charge in [-0.3, -0.25) is 14.6 Å². The van der Waals surface area contributed by atoms with E-state index in [0.717, 1.165) is 6.20 Å². The first kappa shape index (κ1) is 13.4. The number of amides is 1. The molecule has 1 aromatic heterocycles. The number of aliphatic carboxylic acids is 1. The summed E-state index contributed by atoms with van der Waals surface area (Å²) in [6.45, 7) is 0. The quantitative estimate of drug-likeness (QED) is 0.549. The Morgan fingerprint density at radius 3 is 2.68 bits per heavy atom. The van der Waals surface area contributed by atoms with Gasteiger partial charge in [0.1, 0.15) is 11.1 Å². The summed E-state index contributed by atoms with van der Waals surface area (Å²) in [6, 6.07) is 0. The summed E-state index contributed by atoms with van der Waals surface area (Å²) >= 11 is 1.41. The first-order chi connectivity index (χ1) is 8.94. The van der Waals surface area contributed by atoms with E-state index in [4.69, 9.17) is 0 Å². The van der Waals surface area contributed by atoms with Crippen LogP contribution in [0, 0.1) is 0 Å². The van der Waals surface area contributed by atoms with Crippen LogP contribution >= 0.6 is 11.8 Å². The molecule has 0 aromatic carbocycles. The van der Waals surface area contributed by atoms with Crippen molar-refractivity contribution in [2.24, 2.45) is 0 Å². The molecule has 1 aliphatic rings. The van der Waals surface area contributed by atoms with Crippen LogP contribution in [0.25, 0.3) is 0 Å². The topological polar surface area (TPSA) is 132 Å². The molecule has 2 rings (SSSR count). The van der Waals surface area contributed by atoms with E-state index in [9.17, 15) is 24.3 Å². The summed E-state index contributed by atoms with van der Waals surface area (Å²) in [6.07, 6.45) is 1.26. The van der Waals surface area contributed by atoms with Gasteiger partial charge in [-0.15, -0.1) is 0 Å². The van der Waals surface area contributed by atoms with Crippen molar-refractivity contribution in [3.05, 3.63) is 32.6 Å². The van der Waals surface area contributed by atoms with Crippen molar-refractivity contribution >= 4 is 23.6 Å². The second kappa shape index (κ2) is 4.92. The number of carboxylic acid groups (broad SMARTS) is 1. The van der Waals surface area contributed by atoms with Crippen LogP contribution in [0.2, 0.25) is 0 Å². The SMILES string of the molecule is O=C(NC1(C(=O)O)CCSC1)c1c[nH]c(=O)[nH]c1=O. The van der Waals surface area contributed by atoms with E-state index in [1.165, 1.54) is 11.8 Å². The summed E-state index contributed by atoms with van der Waals surface area (Å²) in [7, 11) is 0. The molecule has 1 aliphatic heterocycles. The summed E-state index contributed by atoms with van der Waals surface area (Å²) < 4.78 is 0. The third-order valence-corrected chi connectivity index (χ3v) is 4.04. The third-order valence-electron chi connectivity index (χ3n) is 2.85. The normalized spacial score (nSPS) is 22.1. The molecule has 1 amide bonds. The molecule has 0 radical (unpaired) electrons. The molecule has 2 heterocycles. The standard InChI is InChI=1S/C10H11N3O5S/c14-6-5(3-11-9(18)12-6)7(15)13-10(8(16)17)1-2-19-4-10/h3H,1-2,4H2,(H,13,15)(H,16,17)(H2,11,12,14,18). The van der Waals surface area contributed by atoms with Gasteiger partial charge in [0.25, 0.3) is 11.5 Å². The zero-order valence-corrected chi connectivity index (χ0v) is 10.5. The minimum absolute atomic E-state index is 0.245. The number of aromatic amines is 2. The molecule has 1 aromatic rings. The van der Waals surface area contributed by atoms with E-state index in [2.05, 4.69) is 10.3 Å². The van der Waals surface area contributed by atoms with Crippen LogP contribution < -0.4 is 16.6 Å². The molecule has 0 saturated carbocycles. The van der Waals surface area contributed by atoms with Crippen molar-refractivity contribution < 1.29 is 14.7 Å². The highest BCUT2D eigenvalue weighted by Crippen LogP contribution is 2.28. The van der Waals surface area contributed by atoms with Crippen LogP contribution in [0.1, 0.15) is 16.8 Å². The molecule has 1 unspecified atom stereocenters. The molecule has 1 saturated heterocycles. The first-order valence-electron chi connectivity index (χ1n) is 5.40. The Bertz CT molecular complexity index is 629. The van der Waals surface area contributed by atoms with Crippen molar-refractivity contribution in [2.75, 3.05) is 11.5 Å². The number of rotatable bonds is 3. The molecule has 0 bridgehead atoms. The minimum atomic E-state index is -1.36. The van der Waals surface area contributed by atoms with Gasteiger partial charge in [-0.25, -0.2) is 9.59 Å². The lowest BCUT2D eigenvalue weighted by atomic mass is 9.99. The van der Waals surface area contributed by atoms with Crippen LogP contribution in [0.3, 0.4) is 0 Å². The fraction of sp³-hybridized carbons (Fsp3) is 0.400. The van der Waals surface area contributed by atoms with E-state index in [1.807, 2.05) is 4.98 Å². The molecule has 19 heavy (non-hydrogen) atoms. The third kappa shape index (κ3) is 2.55. The predicted molar refractivity (Wildman–Crippen MR) is 67.5 cm³/mol. The summed E-state index contributed by atoms with van der Waals surface area (Å²) in [5.74, 6) is -1.08. The lowest BCUT2D eigenvalue weighted by Crippen LogP contribution is -2.55. The van der Waals surface area contributed by atoms with Crippen LogP contribution in [0.4, 0.5) is 0 Å². The smallest absolute Gasteiger partial charge is 0.330 e. The van der Waals surface area contributed by atoms with Gasteiger partial charge in [0.2, 0.25) is 0 Å². The van der Waals surface area contributed by atoms with Crippen molar-refractivity contribution in [1.82, 2.24) is 15.3 Å². The Balaban J connectivity index is 2.27. The Labute approximate surface area is 110 Å². The average molecular weight is 285 g/mol. The predicted octanol–water partition coefficient (Wildman–Crippen LogP) is -1.25. The van der Waals surface area contributed by atoms with Gasteiger partial charge in [-0.05, 0) is 12.2 Å². The number of hydrogen-bond donors (Lipinski definition) is 4. The fourth-order valence-electron chi connectivity index (χ4n) is 1.75. The number of aromatic nitrogens is 2. The monoisotopic (exact) mass is 285 g/mol. The number of hydrogen-bond acceptors (Lipinski definition) is 5. The summed E-state index contributed by atoms with van der Waals surface area (Å²) in [5.41, 5.74) is -3.26. The highest BCUT2D eigenvalue weighted by Gasteiger charge is 2.43. The molecule has 4 N–H and O–H groups in total. The lowest BCUT2D eigenvalue weighted by molar-refractivity contribution is -0.143. The maximum atomic E-state index is 11.9. The van der Waals surface area contributed by atoms with E-state index in [1.54, 1.807) is 0 Å². The molecule has 102 valence electrons. The molecule has 1 fully saturated rings. The van der Waals surface area contributed by atoms with Gasteiger partial charge in [0, 0.05) is 11.9 Å². The van der Waals surface area contributed by atoms with Crippen molar-refractivity contribution in [1.29, 1.82) is 0 Å². The Kier molecular flexibility index (Phi) is 3.47. The molecular formula is C10H11N3O5S. The molecular weight excluding hydrogens is 274 g/mol. The van der Waals surface area contributed by atoms with Gasteiger partial charge < -0.3 is 15.4 Å². The number of thioether (sulfide) groups is 1. The molecule has 1 atom stereocenters. The number of H-pyrrole nitrogens is 2. The highest BCUT2D eigenvalue weighted by molar-refractivity contribution is 7.99. The van der Waals surface area contributed by atoms with E-state index < -0.39 is 28.7 Å². The van der Waals surface area contributed by atoms with Crippen LogP contribution in [0.5, 0.6) is 0 Å². The Morgan fingerprint density at radius 1 is 1.42 bits per heavy atom. The van der Waals surface area contributed by atoms with Crippen LogP contribution in [-0.4, -0.2) is 44.0 Å². The van der Waals surface area contributed by atoms with E-state index >= 15 is 0 Å². The zero-order valence-electron chi connectivity index (χ0n) is 9.69. The van der Waals surface area contributed by atoms with Crippen LogP contribution in [0.15, 0.2) is 15.8 Å². The van der Waals surface area contributed by atoms with Gasteiger partial charge in [-0.1, -0.05) is 0 Å². The van der Waals surface area contributed by atoms with Gasteiger partial charge in [0.15, 0.2) is 0 Å². The van der Waals surface area contributed by atoms with Crippen molar-refractivity contribution in [3.63, 3.8) is 0 Å². The second-order valence-corrected chi connectivity index (χ2v) is 5.23. The van der Waals surface area contributed by atoms with Crippen molar-refractivity contribution in [3.8, 4) is 0 Å². The number of carbonyl (C=O) groups is 2. The largest absolute Gasteiger partial charge is 0.479 e. The van der Waals surface area contributed by atoms with Gasteiger partial charge in [0.05, 0.1) is 0 Å². The van der Waals surface area contributed by atoms with Crippen molar-refractivity contribution in [2.45, 2.75) is 12.0 Å². The number of nitrogens with one attached hydrogen (secondary N) is 3. The van der Waals surface area contributed by atoms with Gasteiger partial charge >= 0.3 is 11.7 Å².